The van der Waals surface area contributed by atoms with Gasteiger partial charge >= 0.3 is 0 Å². The van der Waals surface area contributed by atoms with Crippen molar-refractivity contribution in [2.75, 3.05) is 20.2 Å². The summed E-state index contributed by atoms with van der Waals surface area (Å²) in [6, 6.07) is 4.64. The van der Waals surface area contributed by atoms with Gasteiger partial charge < -0.3 is 14.0 Å². The average molecular weight is 259 g/mol. The van der Waals surface area contributed by atoms with Crippen LogP contribution < -0.4 is 4.74 Å². The molecular weight excluding hydrogens is 238 g/mol. The van der Waals surface area contributed by atoms with Crippen molar-refractivity contribution in [3.63, 3.8) is 0 Å². The maximum Gasteiger partial charge on any atom is 0.144 e. The Morgan fingerprint density at radius 3 is 3.16 bits per heavy atom. The first-order chi connectivity index (χ1) is 9.33. The number of imidazole rings is 1. The van der Waals surface area contributed by atoms with Gasteiger partial charge in [-0.1, -0.05) is 6.92 Å². The molecule has 0 saturated carbocycles. The lowest BCUT2D eigenvalue weighted by atomic mass is 10.1. The van der Waals surface area contributed by atoms with Gasteiger partial charge in [0.25, 0.3) is 0 Å². The first kappa shape index (κ1) is 12.5. The van der Waals surface area contributed by atoms with Gasteiger partial charge in [0.15, 0.2) is 0 Å². The fourth-order valence-electron chi connectivity index (χ4n) is 3.13. The van der Waals surface area contributed by atoms with Crippen LogP contribution in [0.3, 0.4) is 0 Å². The van der Waals surface area contributed by atoms with Crippen molar-refractivity contribution in [3.8, 4) is 5.75 Å². The number of methoxy groups -OCH3 is 1. The Kier molecular flexibility index (Phi) is 3.42. The van der Waals surface area contributed by atoms with Gasteiger partial charge in [0.2, 0.25) is 0 Å². The average Bonchev–Trinajstić information content (AvgIpc) is 3.06. The second-order valence-electron chi connectivity index (χ2n) is 5.13. The molecule has 102 valence electrons. The van der Waals surface area contributed by atoms with E-state index >= 15 is 0 Å². The minimum atomic E-state index is 0.641. The third kappa shape index (κ3) is 2.21. The van der Waals surface area contributed by atoms with Crippen LogP contribution in [0, 0.1) is 0 Å². The molecule has 2 aromatic heterocycles. The molecule has 2 aromatic rings. The minimum absolute atomic E-state index is 0.641. The molecule has 1 aliphatic rings. The maximum atomic E-state index is 5.38. The van der Waals surface area contributed by atoms with Gasteiger partial charge in [-0.3, -0.25) is 0 Å². The monoisotopic (exact) mass is 259 g/mol. The Morgan fingerprint density at radius 1 is 1.47 bits per heavy atom. The molecule has 4 nitrogen and oxygen atoms in total. The summed E-state index contributed by atoms with van der Waals surface area (Å²) in [6.07, 6.45) is 7.61. The summed E-state index contributed by atoms with van der Waals surface area (Å²) in [5.41, 5.74) is 1.06. The van der Waals surface area contributed by atoms with Crippen LogP contribution in [-0.2, 0) is 6.42 Å². The lowest BCUT2D eigenvalue weighted by Gasteiger charge is -2.22. The van der Waals surface area contributed by atoms with Crippen LogP contribution in [-0.4, -0.2) is 40.5 Å². The third-order valence-electron chi connectivity index (χ3n) is 4.15. The van der Waals surface area contributed by atoms with Crippen molar-refractivity contribution < 1.29 is 4.74 Å². The van der Waals surface area contributed by atoms with E-state index in [9.17, 15) is 0 Å². The summed E-state index contributed by atoms with van der Waals surface area (Å²) >= 11 is 0. The fraction of sp³-hybridized carbons (Fsp3) is 0.533. The summed E-state index contributed by atoms with van der Waals surface area (Å²) < 4.78 is 7.54. The first-order valence-corrected chi connectivity index (χ1v) is 7.06. The number of rotatable bonds is 4. The number of fused-ring (bicyclic) bond motifs is 1. The summed E-state index contributed by atoms with van der Waals surface area (Å²) in [5.74, 6) is 2.03. The van der Waals surface area contributed by atoms with Crippen LogP contribution in [0.15, 0.2) is 24.5 Å². The predicted molar refractivity (Wildman–Crippen MR) is 75.7 cm³/mol. The van der Waals surface area contributed by atoms with Crippen LogP contribution in [0.4, 0.5) is 0 Å². The summed E-state index contributed by atoms with van der Waals surface area (Å²) in [7, 11) is 1.71. The molecular formula is C15H21N3O. The predicted octanol–water partition coefficient (Wildman–Crippen LogP) is 2.37. The third-order valence-corrected chi connectivity index (χ3v) is 4.15. The number of hydrogen-bond acceptors (Lipinski definition) is 3. The molecule has 19 heavy (non-hydrogen) atoms. The number of hydrogen-bond donors (Lipinski definition) is 0. The Balaban J connectivity index is 1.89. The fourth-order valence-corrected chi connectivity index (χ4v) is 3.13. The quantitative estimate of drug-likeness (QED) is 0.844. The molecule has 0 bridgehead atoms. The van der Waals surface area contributed by atoms with E-state index in [0.717, 1.165) is 30.1 Å². The molecule has 1 saturated heterocycles. The smallest absolute Gasteiger partial charge is 0.144 e. The van der Waals surface area contributed by atoms with Crippen molar-refractivity contribution in [2.24, 2.45) is 0 Å². The Bertz CT molecular complexity index is 564. The van der Waals surface area contributed by atoms with E-state index < -0.39 is 0 Å². The highest BCUT2D eigenvalue weighted by atomic mass is 16.5. The summed E-state index contributed by atoms with van der Waals surface area (Å²) in [6.45, 7) is 4.61. The molecule has 1 fully saturated rings. The highest BCUT2D eigenvalue weighted by Gasteiger charge is 2.24. The van der Waals surface area contributed by atoms with E-state index in [0.29, 0.717) is 6.04 Å². The molecule has 0 aromatic carbocycles. The number of likely N-dealkylation sites (tertiary alicyclic amines) is 1. The van der Waals surface area contributed by atoms with Gasteiger partial charge in [-0.05, 0) is 38.1 Å². The van der Waals surface area contributed by atoms with Crippen LogP contribution in [0.25, 0.3) is 5.52 Å². The number of aromatic nitrogens is 2. The van der Waals surface area contributed by atoms with Crippen molar-refractivity contribution in [2.45, 2.75) is 32.2 Å². The Hall–Kier alpha value is -1.55. The SMILES string of the molecule is CCN1CCCC1Cc1ncc2c(OC)cccn12. The zero-order valence-electron chi connectivity index (χ0n) is 11.7. The van der Waals surface area contributed by atoms with Gasteiger partial charge in [-0.25, -0.2) is 4.98 Å². The van der Waals surface area contributed by atoms with E-state index in [-0.39, 0.29) is 0 Å². The number of pyridine rings is 1. The molecule has 3 rings (SSSR count). The maximum absolute atomic E-state index is 5.38. The Labute approximate surface area is 114 Å². The van der Waals surface area contributed by atoms with Crippen molar-refractivity contribution in [1.82, 2.24) is 14.3 Å². The topological polar surface area (TPSA) is 29.8 Å². The normalized spacial score (nSPS) is 20.2. The lowest BCUT2D eigenvalue weighted by Crippen LogP contribution is -2.31. The second kappa shape index (κ2) is 5.21. The van der Waals surface area contributed by atoms with Crippen LogP contribution in [0.1, 0.15) is 25.6 Å². The van der Waals surface area contributed by atoms with E-state index in [4.69, 9.17) is 4.74 Å². The van der Waals surface area contributed by atoms with Crippen LogP contribution >= 0.6 is 0 Å². The summed E-state index contributed by atoms with van der Waals surface area (Å²) in [4.78, 5) is 7.15. The number of likely N-dealkylation sites (N-methyl/N-ethyl adjacent to an activating group) is 1. The molecule has 1 atom stereocenters. The molecule has 0 aliphatic carbocycles. The minimum Gasteiger partial charge on any atom is -0.494 e. The number of ether oxygens (including phenoxy) is 1. The van der Waals surface area contributed by atoms with E-state index in [1.807, 2.05) is 18.3 Å². The van der Waals surface area contributed by atoms with Gasteiger partial charge in [0.1, 0.15) is 17.1 Å². The van der Waals surface area contributed by atoms with Gasteiger partial charge in [-0.2, -0.15) is 0 Å². The molecule has 4 heteroatoms. The van der Waals surface area contributed by atoms with Crippen molar-refractivity contribution >= 4 is 5.52 Å². The standard InChI is InChI=1S/C15H21N3O/c1-3-17-8-4-6-12(17)10-15-16-11-13-14(19-2)7-5-9-18(13)15/h5,7,9,11-12H,3-4,6,8,10H2,1-2H3. The lowest BCUT2D eigenvalue weighted by molar-refractivity contribution is 0.263. The molecule has 3 heterocycles. The second-order valence-corrected chi connectivity index (χ2v) is 5.13. The molecule has 0 radical (unpaired) electrons. The van der Waals surface area contributed by atoms with Crippen LogP contribution in [0.2, 0.25) is 0 Å². The molecule has 1 unspecified atom stereocenters. The molecule has 1 aliphatic heterocycles. The summed E-state index contributed by atoms with van der Waals surface area (Å²) in [5, 5.41) is 0. The van der Waals surface area contributed by atoms with Gasteiger partial charge in [0.05, 0.1) is 13.3 Å². The first-order valence-electron chi connectivity index (χ1n) is 7.06. The van der Waals surface area contributed by atoms with E-state index in [1.54, 1.807) is 7.11 Å². The van der Waals surface area contributed by atoms with Crippen LogP contribution in [0.5, 0.6) is 5.75 Å². The molecule has 0 amide bonds. The molecule has 0 spiro atoms. The van der Waals surface area contributed by atoms with Crippen molar-refractivity contribution in [1.29, 1.82) is 0 Å². The zero-order chi connectivity index (χ0) is 13.2. The highest BCUT2D eigenvalue weighted by Crippen LogP contribution is 2.24. The van der Waals surface area contributed by atoms with E-state index in [1.165, 1.54) is 19.4 Å². The Morgan fingerprint density at radius 2 is 2.37 bits per heavy atom. The van der Waals surface area contributed by atoms with Gasteiger partial charge in [0, 0.05) is 18.7 Å². The molecule has 0 N–H and O–H groups in total. The zero-order valence-corrected chi connectivity index (χ0v) is 11.7. The highest BCUT2D eigenvalue weighted by molar-refractivity contribution is 5.59. The van der Waals surface area contributed by atoms with Crippen molar-refractivity contribution in [3.05, 3.63) is 30.4 Å². The largest absolute Gasteiger partial charge is 0.494 e. The van der Waals surface area contributed by atoms with E-state index in [2.05, 4.69) is 27.4 Å². The van der Waals surface area contributed by atoms with Gasteiger partial charge in [-0.15, -0.1) is 0 Å². The number of nitrogens with zero attached hydrogens (tertiary/aromatic N) is 3.